The van der Waals surface area contributed by atoms with E-state index in [0.717, 1.165) is 5.02 Å². The van der Waals surface area contributed by atoms with Gasteiger partial charge in [0.1, 0.15) is 0 Å². The van der Waals surface area contributed by atoms with Gasteiger partial charge in [0.15, 0.2) is 0 Å². The Kier molecular flexibility index (Phi) is 2.14. The first-order valence-corrected chi connectivity index (χ1v) is 6.18. The molecule has 0 heterocycles. The van der Waals surface area contributed by atoms with Gasteiger partial charge < -0.3 is 0 Å². The second kappa shape index (κ2) is 3.38. The molecule has 0 atom stereocenters. The zero-order chi connectivity index (χ0) is 10.3. The standard InChI is InChI=1S/C14H15Cl/c15-13-6-4-5-12-11(13)7-10-14(12)8-2-1-3-9-14/h4-7,10H,1-3,8-9H2. The lowest BCUT2D eigenvalue weighted by atomic mass is 9.71. The number of hydrogen-bond donors (Lipinski definition) is 0. The van der Waals surface area contributed by atoms with Gasteiger partial charge in [-0.1, -0.05) is 55.1 Å². The number of fused-ring (bicyclic) bond motifs is 2. The average molecular weight is 219 g/mol. The molecule has 0 nitrogen and oxygen atoms in total. The number of halogens is 1. The molecule has 1 aromatic rings. The van der Waals surface area contributed by atoms with Crippen molar-refractivity contribution in [2.75, 3.05) is 0 Å². The third-order valence-electron chi connectivity index (χ3n) is 3.90. The van der Waals surface area contributed by atoms with Crippen LogP contribution < -0.4 is 0 Å². The van der Waals surface area contributed by atoms with Gasteiger partial charge in [-0.15, -0.1) is 0 Å². The van der Waals surface area contributed by atoms with Gasteiger partial charge in [0, 0.05) is 10.4 Å². The van der Waals surface area contributed by atoms with Gasteiger partial charge in [-0.25, -0.2) is 0 Å². The van der Waals surface area contributed by atoms with Crippen molar-refractivity contribution in [2.45, 2.75) is 37.5 Å². The van der Waals surface area contributed by atoms with E-state index in [0.29, 0.717) is 5.41 Å². The molecule has 0 N–H and O–H groups in total. The van der Waals surface area contributed by atoms with E-state index in [1.54, 1.807) is 0 Å². The molecule has 3 rings (SSSR count). The van der Waals surface area contributed by atoms with Gasteiger partial charge >= 0.3 is 0 Å². The second-order valence-electron chi connectivity index (χ2n) is 4.75. The molecule has 2 aliphatic rings. The fraction of sp³-hybridized carbons (Fsp3) is 0.429. The molecule has 1 fully saturated rings. The molecule has 0 bridgehead atoms. The number of hydrogen-bond acceptors (Lipinski definition) is 0. The van der Waals surface area contributed by atoms with Crippen molar-refractivity contribution in [3.8, 4) is 0 Å². The molecule has 0 saturated heterocycles. The predicted octanol–water partition coefficient (Wildman–Crippen LogP) is 4.57. The molecule has 78 valence electrons. The summed E-state index contributed by atoms with van der Waals surface area (Å²) in [6.07, 6.45) is 11.3. The van der Waals surface area contributed by atoms with Gasteiger partial charge in [-0.05, 0) is 30.0 Å². The molecule has 1 aromatic carbocycles. The Bertz CT molecular complexity index is 411. The normalized spacial score (nSPS) is 21.9. The summed E-state index contributed by atoms with van der Waals surface area (Å²) in [6.45, 7) is 0. The largest absolute Gasteiger partial charge is 0.0837 e. The van der Waals surface area contributed by atoms with E-state index in [1.807, 2.05) is 6.07 Å². The van der Waals surface area contributed by atoms with Crippen molar-refractivity contribution < 1.29 is 0 Å². The molecule has 1 spiro atoms. The maximum atomic E-state index is 6.22. The Morgan fingerprint density at radius 3 is 2.67 bits per heavy atom. The van der Waals surface area contributed by atoms with E-state index < -0.39 is 0 Å². The summed E-state index contributed by atoms with van der Waals surface area (Å²) in [7, 11) is 0. The van der Waals surface area contributed by atoms with Crippen LogP contribution in [0.3, 0.4) is 0 Å². The van der Waals surface area contributed by atoms with E-state index in [1.165, 1.54) is 43.2 Å². The first kappa shape index (κ1) is 9.47. The molecule has 2 aliphatic carbocycles. The maximum Gasteiger partial charge on any atom is 0.0481 e. The van der Waals surface area contributed by atoms with Crippen LogP contribution in [0.1, 0.15) is 43.2 Å². The minimum atomic E-state index is 0.332. The van der Waals surface area contributed by atoms with Crippen molar-refractivity contribution in [3.05, 3.63) is 40.4 Å². The maximum absolute atomic E-state index is 6.22. The van der Waals surface area contributed by atoms with Crippen molar-refractivity contribution in [2.24, 2.45) is 0 Å². The quantitative estimate of drug-likeness (QED) is 0.599. The van der Waals surface area contributed by atoms with Gasteiger partial charge in [0.25, 0.3) is 0 Å². The fourth-order valence-electron chi connectivity index (χ4n) is 3.09. The van der Waals surface area contributed by atoms with E-state index in [9.17, 15) is 0 Å². The molecule has 0 radical (unpaired) electrons. The molecule has 15 heavy (non-hydrogen) atoms. The zero-order valence-corrected chi connectivity index (χ0v) is 9.56. The molecule has 0 aromatic heterocycles. The summed E-state index contributed by atoms with van der Waals surface area (Å²) >= 11 is 6.22. The molecular formula is C14H15Cl. The number of allylic oxidation sites excluding steroid dienone is 1. The summed E-state index contributed by atoms with van der Waals surface area (Å²) in [5.41, 5.74) is 3.06. The minimum absolute atomic E-state index is 0.332. The molecule has 0 aliphatic heterocycles. The Morgan fingerprint density at radius 2 is 1.87 bits per heavy atom. The average Bonchev–Trinajstić information content (AvgIpc) is 2.61. The van der Waals surface area contributed by atoms with Crippen LogP contribution in [0.4, 0.5) is 0 Å². The third-order valence-corrected chi connectivity index (χ3v) is 4.23. The summed E-state index contributed by atoms with van der Waals surface area (Å²) in [4.78, 5) is 0. The fourth-order valence-corrected chi connectivity index (χ4v) is 3.33. The zero-order valence-electron chi connectivity index (χ0n) is 8.80. The van der Waals surface area contributed by atoms with Crippen LogP contribution in [0.25, 0.3) is 6.08 Å². The smallest absolute Gasteiger partial charge is 0.0481 e. The SMILES string of the molecule is Clc1cccc2c1C=CC21CCCCC1. The lowest BCUT2D eigenvalue weighted by molar-refractivity contribution is 0.362. The topological polar surface area (TPSA) is 0 Å². The third kappa shape index (κ3) is 1.35. The lowest BCUT2D eigenvalue weighted by Gasteiger charge is -2.33. The predicted molar refractivity (Wildman–Crippen MR) is 65.2 cm³/mol. The van der Waals surface area contributed by atoms with Crippen LogP contribution >= 0.6 is 11.6 Å². The molecular weight excluding hydrogens is 204 g/mol. The van der Waals surface area contributed by atoms with E-state index in [-0.39, 0.29) is 0 Å². The first-order chi connectivity index (χ1) is 7.32. The van der Waals surface area contributed by atoms with Crippen LogP contribution in [-0.2, 0) is 5.41 Å². The Balaban J connectivity index is 2.11. The molecule has 1 heteroatoms. The highest BCUT2D eigenvalue weighted by Crippen LogP contribution is 2.47. The Labute approximate surface area is 96.0 Å². The number of rotatable bonds is 0. The second-order valence-corrected chi connectivity index (χ2v) is 5.16. The van der Waals surface area contributed by atoms with E-state index in [2.05, 4.69) is 24.3 Å². The van der Waals surface area contributed by atoms with Crippen LogP contribution in [-0.4, -0.2) is 0 Å². The van der Waals surface area contributed by atoms with Crippen LogP contribution in [0.15, 0.2) is 24.3 Å². The highest BCUT2D eigenvalue weighted by molar-refractivity contribution is 6.32. The van der Waals surface area contributed by atoms with Crippen LogP contribution in [0, 0.1) is 0 Å². The summed E-state index contributed by atoms with van der Waals surface area (Å²) in [6, 6.07) is 6.34. The molecule has 1 saturated carbocycles. The summed E-state index contributed by atoms with van der Waals surface area (Å²) < 4.78 is 0. The van der Waals surface area contributed by atoms with E-state index >= 15 is 0 Å². The van der Waals surface area contributed by atoms with E-state index in [4.69, 9.17) is 11.6 Å². The van der Waals surface area contributed by atoms with Gasteiger partial charge in [0.2, 0.25) is 0 Å². The number of benzene rings is 1. The minimum Gasteiger partial charge on any atom is -0.0837 e. The highest BCUT2D eigenvalue weighted by atomic mass is 35.5. The van der Waals surface area contributed by atoms with Crippen LogP contribution in [0.2, 0.25) is 5.02 Å². The van der Waals surface area contributed by atoms with Crippen molar-refractivity contribution in [3.63, 3.8) is 0 Å². The molecule has 0 amide bonds. The highest BCUT2D eigenvalue weighted by Gasteiger charge is 2.36. The van der Waals surface area contributed by atoms with Crippen molar-refractivity contribution in [1.29, 1.82) is 0 Å². The van der Waals surface area contributed by atoms with Gasteiger partial charge in [0.05, 0.1) is 0 Å². The Hall–Kier alpha value is -0.750. The Morgan fingerprint density at radius 1 is 1.07 bits per heavy atom. The van der Waals surface area contributed by atoms with Gasteiger partial charge in [-0.3, -0.25) is 0 Å². The molecule has 0 unspecified atom stereocenters. The first-order valence-electron chi connectivity index (χ1n) is 5.80. The van der Waals surface area contributed by atoms with Crippen molar-refractivity contribution >= 4 is 17.7 Å². The van der Waals surface area contributed by atoms with Gasteiger partial charge in [-0.2, -0.15) is 0 Å². The van der Waals surface area contributed by atoms with Crippen molar-refractivity contribution in [1.82, 2.24) is 0 Å². The summed E-state index contributed by atoms with van der Waals surface area (Å²) in [5.74, 6) is 0. The monoisotopic (exact) mass is 218 g/mol. The lowest BCUT2D eigenvalue weighted by Crippen LogP contribution is -2.24. The van der Waals surface area contributed by atoms with Crippen LogP contribution in [0.5, 0.6) is 0 Å². The summed E-state index contributed by atoms with van der Waals surface area (Å²) in [5, 5.41) is 0.909.